The van der Waals surface area contributed by atoms with Gasteiger partial charge in [0.1, 0.15) is 12.4 Å². The molecule has 0 aliphatic rings. The molecule has 6 nitrogen and oxygen atoms in total. The number of methoxy groups -OCH3 is 1. The summed E-state index contributed by atoms with van der Waals surface area (Å²) in [6, 6.07) is 21.5. The summed E-state index contributed by atoms with van der Waals surface area (Å²) in [4.78, 5) is 3.38. The van der Waals surface area contributed by atoms with Crippen molar-refractivity contribution in [2.75, 3.05) is 26.8 Å². The molecule has 3 N–H and O–H groups in total. The van der Waals surface area contributed by atoms with E-state index < -0.39 is 6.29 Å². The van der Waals surface area contributed by atoms with Gasteiger partial charge in [-0.15, -0.1) is 0 Å². The molecule has 0 aliphatic heterocycles. The number of H-pyrrole nitrogens is 1. The summed E-state index contributed by atoms with van der Waals surface area (Å²) in [5.41, 5.74) is 2.04. The van der Waals surface area contributed by atoms with E-state index in [2.05, 4.69) is 16.4 Å². The summed E-state index contributed by atoms with van der Waals surface area (Å²) in [5, 5.41) is 15.7. The molecule has 30 heavy (non-hydrogen) atoms. The Hall–Kier alpha value is -3.22. The number of fused-ring (bicyclic) bond motifs is 3. The monoisotopic (exact) mass is 406 g/mol. The standard InChI is InChI=1S/C24H26N2O4/c1-28-20-10-4-5-11-21(20)29-16-15-25-14-13-23(27)30-22-12-6-9-19-24(22)17-7-2-3-8-18(17)26-19/h2-12,23,25-27H,13-16H2,1H3. The summed E-state index contributed by atoms with van der Waals surface area (Å²) < 4.78 is 16.8. The minimum Gasteiger partial charge on any atom is -0.493 e. The summed E-state index contributed by atoms with van der Waals surface area (Å²) in [6.45, 7) is 1.77. The summed E-state index contributed by atoms with van der Waals surface area (Å²) in [6.07, 6.45) is -0.431. The molecule has 1 aromatic heterocycles. The van der Waals surface area contributed by atoms with E-state index in [1.165, 1.54) is 0 Å². The van der Waals surface area contributed by atoms with Gasteiger partial charge in [-0.1, -0.05) is 36.4 Å². The summed E-state index contributed by atoms with van der Waals surface area (Å²) >= 11 is 0. The first-order valence-electron chi connectivity index (χ1n) is 10.1. The third-order valence-electron chi connectivity index (χ3n) is 4.93. The predicted octanol–water partition coefficient (Wildman–Crippen LogP) is 4.09. The molecule has 0 saturated carbocycles. The summed E-state index contributed by atoms with van der Waals surface area (Å²) in [5.74, 6) is 2.11. The third kappa shape index (κ3) is 4.50. The van der Waals surface area contributed by atoms with Crippen molar-refractivity contribution >= 4 is 21.8 Å². The van der Waals surface area contributed by atoms with Crippen LogP contribution in [-0.4, -0.2) is 43.2 Å². The molecule has 0 fully saturated rings. The van der Waals surface area contributed by atoms with E-state index in [1.807, 2.05) is 60.7 Å². The number of nitrogens with one attached hydrogen (secondary N) is 2. The SMILES string of the molecule is COc1ccccc1OCCNCCC(O)Oc1cccc2[nH]c3ccccc3c12. The first-order chi connectivity index (χ1) is 14.8. The highest BCUT2D eigenvalue weighted by molar-refractivity contribution is 6.10. The Bertz CT molecular complexity index is 1110. The van der Waals surface area contributed by atoms with Crippen LogP contribution in [0, 0.1) is 0 Å². The number of aromatic nitrogens is 1. The van der Waals surface area contributed by atoms with Crippen molar-refractivity contribution in [1.29, 1.82) is 0 Å². The number of para-hydroxylation sites is 3. The van der Waals surface area contributed by atoms with Crippen molar-refractivity contribution in [3.8, 4) is 17.2 Å². The minimum absolute atomic E-state index is 0.466. The van der Waals surface area contributed by atoms with Gasteiger partial charge in [0.15, 0.2) is 17.8 Å². The fourth-order valence-corrected chi connectivity index (χ4v) is 3.49. The molecule has 0 spiro atoms. The van der Waals surface area contributed by atoms with Crippen molar-refractivity contribution in [3.63, 3.8) is 0 Å². The van der Waals surface area contributed by atoms with Crippen LogP contribution < -0.4 is 19.5 Å². The van der Waals surface area contributed by atoms with E-state index in [4.69, 9.17) is 14.2 Å². The van der Waals surface area contributed by atoms with Crippen LogP contribution in [0.3, 0.4) is 0 Å². The number of hydrogen-bond acceptors (Lipinski definition) is 5. The smallest absolute Gasteiger partial charge is 0.198 e. The maximum Gasteiger partial charge on any atom is 0.198 e. The van der Waals surface area contributed by atoms with Crippen LogP contribution in [0.15, 0.2) is 66.7 Å². The van der Waals surface area contributed by atoms with Gasteiger partial charge in [-0.25, -0.2) is 0 Å². The topological polar surface area (TPSA) is 75.7 Å². The van der Waals surface area contributed by atoms with E-state index in [-0.39, 0.29) is 0 Å². The Kier molecular flexibility index (Phi) is 6.37. The molecule has 0 aliphatic carbocycles. The third-order valence-corrected chi connectivity index (χ3v) is 4.93. The number of aliphatic hydroxyl groups excluding tert-OH is 1. The highest BCUT2D eigenvalue weighted by Gasteiger charge is 2.12. The normalized spacial score (nSPS) is 12.2. The number of aromatic amines is 1. The fraction of sp³-hybridized carbons (Fsp3) is 0.250. The van der Waals surface area contributed by atoms with Gasteiger partial charge in [-0.3, -0.25) is 0 Å². The maximum atomic E-state index is 10.4. The molecule has 0 bridgehead atoms. The van der Waals surface area contributed by atoms with Crippen LogP contribution in [0.4, 0.5) is 0 Å². The second-order valence-corrected chi connectivity index (χ2v) is 6.96. The lowest BCUT2D eigenvalue weighted by Gasteiger charge is -2.15. The fourth-order valence-electron chi connectivity index (χ4n) is 3.49. The quantitative estimate of drug-likeness (QED) is 0.273. The van der Waals surface area contributed by atoms with Gasteiger partial charge in [0.05, 0.1) is 12.6 Å². The highest BCUT2D eigenvalue weighted by Crippen LogP contribution is 2.33. The van der Waals surface area contributed by atoms with Crippen LogP contribution in [0.25, 0.3) is 21.8 Å². The van der Waals surface area contributed by atoms with Crippen LogP contribution in [0.1, 0.15) is 6.42 Å². The Morgan fingerprint density at radius 3 is 2.47 bits per heavy atom. The first kappa shape index (κ1) is 20.1. The second-order valence-electron chi connectivity index (χ2n) is 6.96. The maximum absolute atomic E-state index is 10.4. The van der Waals surface area contributed by atoms with Crippen LogP contribution in [-0.2, 0) is 0 Å². The lowest BCUT2D eigenvalue weighted by molar-refractivity contribution is -0.0213. The van der Waals surface area contributed by atoms with Crippen molar-refractivity contribution < 1.29 is 19.3 Å². The van der Waals surface area contributed by atoms with Gasteiger partial charge in [0.2, 0.25) is 0 Å². The van der Waals surface area contributed by atoms with Crippen molar-refractivity contribution in [3.05, 3.63) is 66.7 Å². The zero-order valence-corrected chi connectivity index (χ0v) is 16.9. The molecule has 6 heteroatoms. The molecule has 4 rings (SSSR count). The molecule has 3 aromatic carbocycles. The van der Waals surface area contributed by atoms with E-state index in [1.54, 1.807) is 7.11 Å². The lowest BCUT2D eigenvalue weighted by Crippen LogP contribution is -2.27. The van der Waals surface area contributed by atoms with Gasteiger partial charge in [-0.2, -0.15) is 0 Å². The first-order valence-corrected chi connectivity index (χ1v) is 10.1. The molecular formula is C24H26N2O4. The van der Waals surface area contributed by atoms with Gasteiger partial charge in [-0.05, 0) is 30.3 Å². The second kappa shape index (κ2) is 9.52. The van der Waals surface area contributed by atoms with Crippen LogP contribution in [0.2, 0.25) is 0 Å². The van der Waals surface area contributed by atoms with Gasteiger partial charge >= 0.3 is 0 Å². The number of hydrogen-bond donors (Lipinski definition) is 3. The van der Waals surface area contributed by atoms with E-state index in [0.29, 0.717) is 37.6 Å². The van der Waals surface area contributed by atoms with E-state index in [9.17, 15) is 5.11 Å². The van der Waals surface area contributed by atoms with E-state index in [0.717, 1.165) is 27.6 Å². The number of rotatable bonds is 10. The number of benzene rings is 3. The zero-order chi connectivity index (χ0) is 20.8. The van der Waals surface area contributed by atoms with E-state index >= 15 is 0 Å². The molecular weight excluding hydrogens is 380 g/mol. The van der Waals surface area contributed by atoms with Crippen molar-refractivity contribution in [1.82, 2.24) is 10.3 Å². The Labute approximate surface area is 175 Å². The minimum atomic E-state index is -0.896. The lowest BCUT2D eigenvalue weighted by atomic mass is 10.1. The molecule has 0 saturated heterocycles. The Morgan fingerprint density at radius 1 is 0.867 bits per heavy atom. The van der Waals surface area contributed by atoms with Crippen LogP contribution >= 0.6 is 0 Å². The molecule has 4 aromatic rings. The van der Waals surface area contributed by atoms with Crippen LogP contribution in [0.5, 0.6) is 17.2 Å². The zero-order valence-electron chi connectivity index (χ0n) is 16.9. The largest absolute Gasteiger partial charge is 0.493 e. The molecule has 0 radical (unpaired) electrons. The highest BCUT2D eigenvalue weighted by atomic mass is 16.6. The Morgan fingerprint density at radius 2 is 1.60 bits per heavy atom. The molecule has 156 valence electrons. The Balaban J connectivity index is 1.26. The van der Waals surface area contributed by atoms with Crippen molar-refractivity contribution in [2.45, 2.75) is 12.7 Å². The van der Waals surface area contributed by atoms with Crippen molar-refractivity contribution in [2.24, 2.45) is 0 Å². The van der Waals surface area contributed by atoms with Gasteiger partial charge < -0.3 is 29.6 Å². The predicted molar refractivity (Wildman–Crippen MR) is 118 cm³/mol. The average Bonchev–Trinajstić information content (AvgIpc) is 3.16. The van der Waals surface area contributed by atoms with Gasteiger partial charge in [0, 0.05) is 35.8 Å². The molecule has 1 unspecified atom stereocenters. The number of aliphatic hydroxyl groups is 1. The summed E-state index contributed by atoms with van der Waals surface area (Å²) in [7, 11) is 1.62. The number of ether oxygens (including phenoxy) is 3. The average molecular weight is 406 g/mol. The molecule has 1 atom stereocenters. The molecule has 0 amide bonds. The molecule has 1 heterocycles. The van der Waals surface area contributed by atoms with Gasteiger partial charge in [0.25, 0.3) is 0 Å².